The van der Waals surface area contributed by atoms with Crippen LogP contribution in [0.1, 0.15) is 38.8 Å². The third-order valence-corrected chi connectivity index (χ3v) is 3.74. The maximum absolute atomic E-state index is 12.3. The van der Waals surface area contributed by atoms with Gasteiger partial charge in [0.05, 0.1) is 18.7 Å². The van der Waals surface area contributed by atoms with Crippen molar-refractivity contribution in [2.75, 3.05) is 11.9 Å². The van der Waals surface area contributed by atoms with Crippen molar-refractivity contribution in [2.24, 2.45) is 0 Å². The number of hydrogen-bond donors (Lipinski definition) is 2. The Labute approximate surface area is 143 Å². The van der Waals surface area contributed by atoms with Crippen LogP contribution < -0.4 is 10.1 Å². The number of ether oxygens (including phenoxy) is 1. The molecule has 0 radical (unpaired) electrons. The highest BCUT2D eigenvalue weighted by Crippen LogP contribution is 2.30. The summed E-state index contributed by atoms with van der Waals surface area (Å²) in [6.07, 6.45) is 0.242. The van der Waals surface area contributed by atoms with E-state index in [1.165, 1.54) is 0 Å². The van der Waals surface area contributed by atoms with Crippen LogP contribution in [0.25, 0.3) is 0 Å². The van der Waals surface area contributed by atoms with E-state index in [-0.39, 0.29) is 23.5 Å². The summed E-state index contributed by atoms with van der Waals surface area (Å²) in [6.45, 7) is 8.81. The number of carbonyl (C=O) groups is 1. The first-order chi connectivity index (χ1) is 11.3. The molecule has 0 saturated carbocycles. The molecule has 2 N–H and O–H groups in total. The Hall–Kier alpha value is -2.49. The molecule has 4 nitrogen and oxygen atoms in total. The molecule has 0 spiro atoms. The number of anilines is 1. The number of rotatable bonds is 5. The molecular formula is C20H25NO3. The molecule has 24 heavy (non-hydrogen) atoms. The number of amides is 1. The lowest BCUT2D eigenvalue weighted by molar-refractivity contribution is -0.115. The molecule has 0 saturated heterocycles. The summed E-state index contributed by atoms with van der Waals surface area (Å²) >= 11 is 0. The van der Waals surface area contributed by atoms with Crippen LogP contribution >= 0.6 is 0 Å². The Morgan fingerprint density at radius 3 is 2.38 bits per heavy atom. The van der Waals surface area contributed by atoms with Crippen LogP contribution in [0.5, 0.6) is 11.5 Å². The fraction of sp³-hybridized carbons (Fsp3) is 0.350. The van der Waals surface area contributed by atoms with Crippen molar-refractivity contribution in [2.45, 2.75) is 39.5 Å². The monoisotopic (exact) mass is 327 g/mol. The minimum absolute atomic E-state index is 0.0533. The van der Waals surface area contributed by atoms with Gasteiger partial charge in [0.25, 0.3) is 0 Å². The molecule has 0 aromatic heterocycles. The van der Waals surface area contributed by atoms with Gasteiger partial charge in [-0.1, -0.05) is 39.0 Å². The maximum atomic E-state index is 12.3. The van der Waals surface area contributed by atoms with Crippen molar-refractivity contribution < 1.29 is 14.6 Å². The lowest BCUT2D eigenvalue weighted by Crippen LogP contribution is -2.16. The van der Waals surface area contributed by atoms with Crippen LogP contribution in [0.15, 0.2) is 42.5 Å². The predicted molar refractivity (Wildman–Crippen MR) is 96.8 cm³/mol. The molecule has 0 fully saturated rings. The maximum Gasteiger partial charge on any atom is 0.228 e. The fourth-order valence-electron chi connectivity index (χ4n) is 2.35. The number of phenolic OH excluding ortho intramolecular Hbond substituents is 1. The third kappa shape index (κ3) is 4.75. The zero-order valence-electron chi connectivity index (χ0n) is 14.7. The van der Waals surface area contributed by atoms with Crippen molar-refractivity contribution in [1.29, 1.82) is 0 Å². The standard InChI is InChI=1S/C20H25NO3/c1-5-24-16-9-6-14(7-10-16)12-19(23)21-17-13-15(20(2,3)4)8-11-18(17)22/h6-11,13,22H,5,12H2,1-4H3,(H,21,23). The van der Waals surface area contributed by atoms with E-state index in [2.05, 4.69) is 26.1 Å². The van der Waals surface area contributed by atoms with E-state index in [1.807, 2.05) is 43.3 Å². The van der Waals surface area contributed by atoms with Gasteiger partial charge in [-0.25, -0.2) is 0 Å². The van der Waals surface area contributed by atoms with Crippen LogP contribution in [-0.2, 0) is 16.6 Å². The highest BCUT2D eigenvalue weighted by molar-refractivity contribution is 5.93. The highest BCUT2D eigenvalue weighted by Gasteiger charge is 2.16. The summed E-state index contributed by atoms with van der Waals surface area (Å²) in [5, 5.41) is 12.8. The molecule has 0 atom stereocenters. The van der Waals surface area contributed by atoms with Gasteiger partial charge in [0.1, 0.15) is 11.5 Å². The molecule has 0 unspecified atom stereocenters. The molecule has 0 aliphatic carbocycles. The SMILES string of the molecule is CCOc1ccc(CC(=O)Nc2cc(C(C)(C)C)ccc2O)cc1. The highest BCUT2D eigenvalue weighted by atomic mass is 16.5. The van der Waals surface area contributed by atoms with Crippen LogP contribution in [0.3, 0.4) is 0 Å². The van der Waals surface area contributed by atoms with Crippen LogP contribution in [0.4, 0.5) is 5.69 Å². The quantitative estimate of drug-likeness (QED) is 0.806. The van der Waals surface area contributed by atoms with Gasteiger partial charge in [-0.15, -0.1) is 0 Å². The first-order valence-electron chi connectivity index (χ1n) is 8.14. The van der Waals surface area contributed by atoms with Crippen LogP contribution in [0, 0.1) is 0 Å². The Kier molecular flexibility index (Phi) is 5.50. The van der Waals surface area contributed by atoms with Gasteiger partial charge in [-0.05, 0) is 47.7 Å². The van der Waals surface area contributed by atoms with E-state index in [9.17, 15) is 9.90 Å². The lowest BCUT2D eigenvalue weighted by atomic mass is 9.87. The second-order valence-corrected chi connectivity index (χ2v) is 6.78. The zero-order valence-corrected chi connectivity index (χ0v) is 14.7. The van der Waals surface area contributed by atoms with Gasteiger partial charge < -0.3 is 15.2 Å². The van der Waals surface area contributed by atoms with Gasteiger partial charge in [-0.3, -0.25) is 4.79 Å². The molecule has 0 heterocycles. The Morgan fingerprint density at radius 2 is 1.79 bits per heavy atom. The van der Waals surface area contributed by atoms with E-state index in [0.29, 0.717) is 12.3 Å². The van der Waals surface area contributed by atoms with E-state index in [1.54, 1.807) is 6.07 Å². The second kappa shape index (κ2) is 7.39. The lowest BCUT2D eigenvalue weighted by Gasteiger charge is -2.20. The predicted octanol–water partition coefficient (Wildman–Crippen LogP) is 4.27. The summed E-state index contributed by atoms with van der Waals surface area (Å²) in [7, 11) is 0. The van der Waals surface area contributed by atoms with Crippen molar-refractivity contribution in [1.82, 2.24) is 0 Å². The van der Waals surface area contributed by atoms with E-state index in [4.69, 9.17) is 4.74 Å². The van der Waals surface area contributed by atoms with E-state index < -0.39 is 0 Å². The second-order valence-electron chi connectivity index (χ2n) is 6.78. The first kappa shape index (κ1) is 17.9. The summed E-state index contributed by atoms with van der Waals surface area (Å²) in [5.74, 6) is 0.695. The van der Waals surface area contributed by atoms with Gasteiger partial charge in [0.15, 0.2) is 0 Å². The molecule has 128 valence electrons. The number of nitrogens with one attached hydrogen (secondary N) is 1. The zero-order chi connectivity index (χ0) is 17.7. The molecule has 0 aliphatic rings. The van der Waals surface area contributed by atoms with E-state index in [0.717, 1.165) is 16.9 Å². The molecule has 0 bridgehead atoms. The van der Waals surface area contributed by atoms with Crippen LogP contribution in [-0.4, -0.2) is 17.6 Å². The smallest absolute Gasteiger partial charge is 0.228 e. The Bertz CT molecular complexity index is 700. The Morgan fingerprint density at radius 1 is 1.12 bits per heavy atom. The third-order valence-electron chi connectivity index (χ3n) is 3.74. The Balaban J connectivity index is 2.06. The van der Waals surface area contributed by atoms with Gasteiger partial charge in [0.2, 0.25) is 5.91 Å². The topological polar surface area (TPSA) is 58.6 Å². The molecule has 1 amide bonds. The van der Waals surface area contributed by atoms with Crippen molar-refractivity contribution in [3.63, 3.8) is 0 Å². The summed E-state index contributed by atoms with van der Waals surface area (Å²) in [5.41, 5.74) is 2.33. The fourth-order valence-corrected chi connectivity index (χ4v) is 2.35. The minimum Gasteiger partial charge on any atom is -0.506 e. The summed E-state index contributed by atoms with van der Waals surface area (Å²) in [6, 6.07) is 12.8. The van der Waals surface area contributed by atoms with Crippen molar-refractivity contribution >= 4 is 11.6 Å². The molecule has 2 rings (SSSR count). The average Bonchev–Trinajstić information content (AvgIpc) is 2.50. The largest absolute Gasteiger partial charge is 0.506 e. The van der Waals surface area contributed by atoms with Gasteiger partial charge in [-0.2, -0.15) is 0 Å². The van der Waals surface area contributed by atoms with Gasteiger partial charge >= 0.3 is 0 Å². The molecular weight excluding hydrogens is 302 g/mol. The minimum atomic E-state index is -0.166. The van der Waals surface area contributed by atoms with Crippen molar-refractivity contribution in [3.05, 3.63) is 53.6 Å². The number of aromatic hydroxyl groups is 1. The number of hydrogen-bond acceptors (Lipinski definition) is 3. The molecule has 2 aromatic rings. The normalized spacial score (nSPS) is 11.2. The first-order valence-corrected chi connectivity index (χ1v) is 8.14. The summed E-state index contributed by atoms with van der Waals surface area (Å²) in [4.78, 5) is 12.3. The number of carbonyl (C=O) groups excluding carboxylic acids is 1. The number of phenols is 1. The summed E-state index contributed by atoms with van der Waals surface area (Å²) < 4.78 is 5.39. The number of benzene rings is 2. The molecule has 4 heteroatoms. The van der Waals surface area contributed by atoms with Gasteiger partial charge in [0, 0.05) is 0 Å². The van der Waals surface area contributed by atoms with E-state index >= 15 is 0 Å². The average molecular weight is 327 g/mol. The molecule has 0 aliphatic heterocycles. The van der Waals surface area contributed by atoms with Crippen LogP contribution in [0.2, 0.25) is 0 Å². The van der Waals surface area contributed by atoms with Crippen molar-refractivity contribution in [3.8, 4) is 11.5 Å². The molecule has 2 aromatic carbocycles.